The molecule has 0 aromatic carbocycles. The average molecular weight is 487 g/mol. The SMILES string of the molecule is CCCN(C(=O)Cn1nc(C)c(S(=O)(=O)N(C)Cc2ccco2)c1C)[C@@H]1CCS(=O)(=O)C1. The fourth-order valence-corrected chi connectivity index (χ4v) is 7.29. The molecule has 2 aromatic rings. The number of hydrogen-bond acceptors (Lipinski definition) is 7. The first-order valence-electron chi connectivity index (χ1n) is 10.5. The summed E-state index contributed by atoms with van der Waals surface area (Å²) in [6, 6.07) is 3.03. The topological polar surface area (TPSA) is 123 Å². The average Bonchev–Trinajstić information content (AvgIpc) is 3.40. The second kappa shape index (κ2) is 9.36. The Kier molecular flexibility index (Phi) is 7.15. The van der Waals surface area contributed by atoms with Gasteiger partial charge in [0.2, 0.25) is 15.9 Å². The summed E-state index contributed by atoms with van der Waals surface area (Å²) in [6.07, 6.45) is 2.59. The van der Waals surface area contributed by atoms with Crippen LogP contribution in [0.3, 0.4) is 0 Å². The lowest BCUT2D eigenvalue weighted by Crippen LogP contribution is -2.43. The predicted octanol–water partition coefficient (Wildman–Crippen LogP) is 1.34. The molecule has 1 atom stereocenters. The van der Waals surface area contributed by atoms with Crippen LogP contribution in [-0.2, 0) is 37.7 Å². The lowest BCUT2D eigenvalue weighted by molar-refractivity contribution is -0.134. The molecule has 32 heavy (non-hydrogen) atoms. The third-order valence-corrected chi connectivity index (χ3v) is 9.47. The van der Waals surface area contributed by atoms with E-state index in [1.807, 2.05) is 6.92 Å². The number of nitrogens with zero attached hydrogens (tertiary/aromatic N) is 4. The van der Waals surface area contributed by atoms with Gasteiger partial charge in [0.1, 0.15) is 17.2 Å². The van der Waals surface area contributed by atoms with Crippen molar-refractivity contribution in [1.29, 1.82) is 0 Å². The molecule has 10 nitrogen and oxygen atoms in total. The van der Waals surface area contributed by atoms with Crippen LogP contribution in [0.2, 0.25) is 0 Å². The normalized spacial score (nSPS) is 18.3. The Morgan fingerprint density at radius 2 is 2.06 bits per heavy atom. The zero-order valence-corrected chi connectivity index (χ0v) is 20.4. The largest absolute Gasteiger partial charge is 0.468 e. The van der Waals surface area contributed by atoms with E-state index in [-0.39, 0.29) is 41.4 Å². The van der Waals surface area contributed by atoms with Gasteiger partial charge in [0, 0.05) is 19.6 Å². The summed E-state index contributed by atoms with van der Waals surface area (Å²) in [5, 5.41) is 4.32. The molecule has 2 aromatic heterocycles. The molecule has 1 aliphatic heterocycles. The van der Waals surface area contributed by atoms with Crippen molar-refractivity contribution in [2.45, 2.75) is 57.6 Å². The van der Waals surface area contributed by atoms with Crippen molar-refractivity contribution in [2.75, 3.05) is 25.1 Å². The van der Waals surface area contributed by atoms with Gasteiger partial charge in [-0.2, -0.15) is 9.40 Å². The van der Waals surface area contributed by atoms with E-state index in [1.54, 1.807) is 30.9 Å². The van der Waals surface area contributed by atoms with Gasteiger partial charge in [0.05, 0.1) is 35.7 Å². The van der Waals surface area contributed by atoms with Crippen LogP contribution in [0.15, 0.2) is 27.7 Å². The number of sulfonamides is 1. The van der Waals surface area contributed by atoms with Gasteiger partial charge in [-0.1, -0.05) is 6.92 Å². The highest BCUT2D eigenvalue weighted by Crippen LogP contribution is 2.25. The Hall–Kier alpha value is -2.18. The minimum absolute atomic E-state index is 0.0347. The lowest BCUT2D eigenvalue weighted by atomic mass is 10.2. The number of carbonyl (C=O) groups is 1. The van der Waals surface area contributed by atoms with E-state index in [1.165, 1.54) is 22.3 Å². The summed E-state index contributed by atoms with van der Waals surface area (Å²) in [7, 11) is -5.54. The number of amides is 1. The van der Waals surface area contributed by atoms with E-state index in [2.05, 4.69) is 5.10 Å². The van der Waals surface area contributed by atoms with Crippen LogP contribution in [0.5, 0.6) is 0 Å². The maximum atomic E-state index is 13.2. The first-order valence-corrected chi connectivity index (χ1v) is 13.7. The third-order valence-electron chi connectivity index (χ3n) is 5.66. The Morgan fingerprint density at radius 3 is 2.62 bits per heavy atom. The first-order chi connectivity index (χ1) is 15.0. The van der Waals surface area contributed by atoms with Gasteiger partial charge >= 0.3 is 0 Å². The van der Waals surface area contributed by atoms with Crippen molar-refractivity contribution >= 4 is 25.8 Å². The smallest absolute Gasteiger partial charge is 0.246 e. The van der Waals surface area contributed by atoms with E-state index in [4.69, 9.17) is 4.42 Å². The Labute approximate surface area is 189 Å². The number of aromatic nitrogens is 2. The molecular weight excluding hydrogens is 456 g/mol. The Morgan fingerprint density at radius 1 is 1.34 bits per heavy atom. The van der Waals surface area contributed by atoms with Crippen LogP contribution in [0, 0.1) is 13.8 Å². The summed E-state index contributed by atoms with van der Waals surface area (Å²) in [5.74, 6) is 0.283. The summed E-state index contributed by atoms with van der Waals surface area (Å²) < 4.78 is 58.0. The number of aryl methyl sites for hydroxylation is 1. The summed E-state index contributed by atoms with van der Waals surface area (Å²) in [4.78, 5) is 14.7. The molecule has 1 aliphatic rings. The van der Waals surface area contributed by atoms with Crippen molar-refractivity contribution in [2.24, 2.45) is 0 Å². The van der Waals surface area contributed by atoms with Crippen LogP contribution in [0.4, 0.5) is 0 Å². The van der Waals surface area contributed by atoms with E-state index in [0.29, 0.717) is 36.5 Å². The molecule has 3 heterocycles. The second-order valence-electron chi connectivity index (χ2n) is 8.14. The second-order valence-corrected chi connectivity index (χ2v) is 12.4. The van der Waals surface area contributed by atoms with Gasteiger partial charge in [0.15, 0.2) is 9.84 Å². The van der Waals surface area contributed by atoms with Crippen LogP contribution < -0.4 is 0 Å². The Balaban J connectivity index is 1.82. The zero-order chi connectivity index (χ0) is 23.7. The summed E-state index contributed by atoms with van der Waals surface area (Å²) in [5.41, 5.74) is 0.657. The molecule has 12 heteroatoms. The summed E-state index contributed by atoms with van der Waals surface area (Å²) in [6.45, 7) is 5.49. The monoisotopic (exact) mass is 486 g/mol. The molecule has 0 saturated carbocycles. The first kappa shape index (κ1) is 24.5. The highest BCUT2D eigenvalue weighted by molar-refractivity contribution is 7.91. The molecule has 1 fully saturated rings. The van der Waals surface area contributed by atoms with Crippen LogP contribution in [0.1, 0.15) is 36.9 Å². The number of furan rings is 1. The maximum Gasteiger partial charge on any atom is 0.246 e. The third kappa shape index (κ3) is 5.07. The number of hydrogen-bond donors (Lipinski definition) is 0. The Bertz CT molecular complexity index is 1170. The standard InChI is InChI=1S/C20H30N4O6S2/c1-5-9-23(17-8-11-31(26,27)14-17)19(25)13-24-16(3)20(15(2)21-24)32(28,29)22(4)12-18-7-6-10-30-18/h6-7,10,17H,5,8-9,11-14H2,1-4H3/t17-/m1/s1. The predicted molar refractivity (Wildman–Crippen MR) is 118 cm³/mol. The van der Waals surface area contributed by atoms with Crippen molar-refractivity contribution in [1.82, 2.24) is 19.0 Å². The lowest BCUT2D eigenvalue weighted by Gasteiger charge is -2.28. The number of carbonyl (C=O) groups excluding carboxylic acids is 1. The fourth-order valence-electron chi connectivity index (χ4n) is 4.06. The van der Waals surface area contributed by atoms with Gasteiger partial charge in [-0.05, 0) is 38.8 Å². The van der Waals surface area contributed by atoms with Gasteiger partial charge < -0.3 is 9.32 Å². The maximum absolute atomic E-state index is 13.2. The number of sulfone groups is 1. The van der Waals surface area contributed by atoms with E-state index in [9.17, 15) is 21.6 Å². The van der Waals surface area contributed by atoms with Crippen LogP contribution in [-0.4, -0.2) is 72.9 Å². The molecule has 0 bridgehead atoms. The quantitative estimate of drug-likeness (QED) is 0.524. The molecule has 1 amide bonds. The van der Waals surface area contributed by atoms with Gasteiger partial charge in [-0.3, -0.25) is 9.48 Å². The number of rotatable bonds is 9. The highest BCUT2D eigenvalue weighted by Gasteiger charge is 2.35. The van der Waals surface area contributed by atoms with Crippen molar-refractivity contribution < 1.29 is 26.0 Å². The van der Waals surface area contributed by atoms with Crippen molar-refractivity contribution in [3.05, 3.63) is 35.5 Å². The minimum atomic E-state index is -3.87. The molecule has 0 spiro atoms. The van der Waals surface area contributed by atoms with Crippen molar-refractivity contribution in [3.8, 4) is 0 Å². The van der Waals surface area contributed by atoms with Crippen LogP contribution in [0.25, 0.3) is 0 Å². The highest BCUT2D eigenvalue weighted by atomic mass is 32.2. The van der Waals surface area contributed by atoms with E-state index < -0.39 is 19.9 Å². The zero-order valence-electron chi connectivity index (χ0n) is 18.8. The summed E-state index contributed by atoms with van der Waals surface area (Å²) >= 11 is 0. The molecular formula is C20H30N4O6S2. The van der Waals surface area contributed by atoms with Crippen molar-refractivity contribution in [3.63, 3.8) is 0 Å². The molecule has 0 radical (unpaired) electrons. The van der Waals surface area contributed by atoms with Crippen LogP contribution >= 0.6 is 0 Å². The molecule has 0 N–H and O–H groups in total. The fraction of sp³-hybridized carbons (Fsp3) is 0.600. The van der Waals surface area contributed by atoms with Gasteiger partial charge in [-0.25, -0.2) is 16.8 Å². The molecule has 0 aliphatic carbocycles. The minimum Gasteiger partial charge on any atom is -0.468 e. The molecule has 0 unspecified atom stereocenters. The van der Waals surface area contributed by atoms with Gasteiger partial charge in [-0.15, -0.1) is 0 Å². The van der Waals surface area contributed by atoms with E-state index >= 15 is 0 Å². The molecule has 1 saturated heterocycles. The molecule has 3 rings (SSSR count). The van der Waals surface area contributed by atoms with E-state index in [0.717, 1.165) is 0 Å². The van der Waals surface area contributed by atoms with Gasteiger partial charge in [0.25, 0.3) is 0 Å². The molecule has 178 valence electrons.